The molecule has 1 saturated carbocycles. The molecule has 1 fully saturated rings. The Kier molecular flexibility index (Phi) is 2.14. The van der Waals surface area contributed by atoms with Crippen LogP contribution < -0.4 is 0 Å². The van der Waals surface area contributed by atoms with Crippen LogP contribution >= 0.6 is 0 Å². The first-order valence-corrected chi connectivity index (χ1v) is 4.82. The van der Waals surface area contributed by atoms with Crippen molar-refractivity contribution in [2.24, 2.45) is 5.92 Å². The maximum absolute atomic E-state index is 12.3. The van der Waals surface area contributed by atoms with E-state index in [0.717, 1.165) is 0 Å². The molecular weight excluding hydrogens is 169 g/mol. The number of hydrogen-bond acceptors (Lipinski definition) is 3. The van der Waals surface area contributed by atoms with Crippen molar-refractivity contribution in [2.45, 2.75) is 24.5 Å². The Morgan fingerprint density at radius 3 is 2.36 bits per heavy atom. The standard InChI is InChI=1S/C6H8FNO2S/c7-11(9,10)6-2-1-5(3-6)4-8/h5-6H,1-3H2. The fourth-order valence-corrected chi connectivity index (χ4v) is 2.19. The Balaban J connectivity index is 2.64. The second kappa shape index (κ2) is 2.78. The summed E-state index contributed by atoms with van der Waals surface area (Å²) in [7, 11) is -4.40. The highest BCUT2D eigenvalue weighted by molar-refractivity contribution is 7.87. The molecule has 0 N–H and O–H groups in total. The average Bonchev–Trinajstić information content (AvgIpc) is 2.32. The lowest BCUT2D eigenvalue weighted by molar-refractivity contribution is 0.532. The molecule has 1 aliphatic carbocycles. The van der Waals surface area contributed by atoms with Crippen LogP contribution in [-0.4, -0.2) is 13.7 Å². The topological polar surface area (TPSA) is 57.9 Å². The second-order valence-corrected chi connectivity index (χ2v) is 4.35. The van der Waals surface area contributed by atoms with Gasteiger partial charge in [0.25, 0.3) is 0 Å². The monoisotopic (exact) mass is 177 g/mol. The quantitative estimate of drug-likeness (QED) is 0.561. The Bertz CT molecular complexity index is 279. The smallest absolute Gasteiger partial charge is 0.198 e. The molecule has 0 amide bonds. The van der Waals surface area contributed by atoms with Crippen molar-refractivity contribution in [3.05, 3.63) is 0 Å². The van der Waals surface area contributed by atoms with Crippen molar-refractivity contribution in [2.75, 3.05) is 0 Å². The fourth-order valence-electron chi connectivity index (χ4n) is 1.31. The summed E-state index contributed by atoms with van der Waals surface area (Å²) in [6.45, 7) is 0. The zero-order chi connectivity index (χ0) is 8.48. The first-order valence-electron chi connectivity index (χ1n) is 3.37. The van der Waals surface area contributed by atoms with Crippen molar-refractivity contribution < 1.29 is 12.3 Å². The second-order valence-electron chi connectivity index (χ2n) is 2.74. The van der Waals surface area contributed by atoms with E-state index in [0.29, 0.717) is 6.42 Å². The molecule has 2 atom stereocenters. The van der Waals surface area contributed by atoms with Gasteiger partial charge in [-0.1, -0.05) is 0 Å². The largest absolute Gasteiger partial charge is 0.305 e. The van der Waals surface area contributed by atoms with Crippen molar-refractivity contribution in [1.82, 2.24) is 0 Å². The minimum atomic E-state index is -4.40. The zero-order valence-electron chi connectivity index (χ0n) is 5.83. The van der Waals surface area contributed by atoms with Gasteiger partial charge in [-0.05, 0) is 19.3 Å². The van der Waals surface area contributed by atoms with Crippen LogP contribution in [0.1, 0.15) is 19.3 Å². The van der Waals surface area contributed by atoms with E-state index >= 15 is 0 Å². The van der Waals surface area contributed by atoms with Crippen LogP contribution in [0.15, 0.2) is 0 Å². The van der Waals surface area contributed by atoms with Gasteiger partial charge in [-0.25, -0.2) is 0 Å². The van der Waals surface area contributed by atoms with Gasteiger partial charge in [0.05, 0.1) is 11.3 Å². The molecule has 1 aliphatic rings. The van der Waals surface area contributed by atoms with Crippen molar-refractivity contribution in [1.29, 1.82) is 5.26 Å². The van der Waals surface area contributed by atoms with Crippen molar-refractivity contribution in [3.8, 4) is 6.07 Å². The molecular formula is C6H8FNO2S. The molecule has 2 unspecified atom stereocenters. The Morgan fingerprint density at radius 2 is 2.09 bits per heavy atom. The van der Waals surface area contributed by atoms with Gasteiger partial charge in [0.2, 0.25) is 0 Å². The SMILES string of the molecule is N#CC1CCC(S(=O)(=O)F)C1. The predicted octanol–water partition coefficient (Wildman–Crippen LogP) is 0.978. The summed E-state index contributed by atoms with van der Waals surface area (Å²) in [5.41, 5.74) is 0. The molecule has 62 valence electrons. The van der Waals surface area contributed by atoms with E-state index in [1.54, 1.807) is 0 Å². The lowest BCUT2D eigenvalue weighted by atomic mass is 10.1. The molecule has 0 radical (unpaired) electrons. The number of halogens is 1. The minimum absolute atomic E-state index is 0.162. The van der Waals surface area contributed by atoms with E-state index in [9.17, 15) is 12.3 Å². The Hall–Kier alpha value is -0.630. The van der Waals surface area contributed by atoms with Crippen molar-refractivity contribution in [3.63, 3.8) is 0 Å². The summed E-state index contributed by atoms with van der Waals surface area (Å²) >= 11 is 0. The summed E-state index contributed by atoms with van der Waals surface area (Å²) in [5.74, 6) is -0.273. The van der Waals surface area contributed by atoms with Crippen LogP contribution in [-0.2, 0) is 10.2 Å². The molecule has 5 heteroatoms. The van der Waals surface area contributed by atoms with Gasteiger partial charge < -0.3 is 0 Å². The third-order valence-corrected chi connectivity index (χ3v) is 3.19. The molecule has 0 aromatic rings. The molecule has 0 heterocycles. The molecule has 0 aliphatic heterocycles. The minimum Gasteiger partial charge on any atom is -0.198 e. The summed E-state index contributed by atoms with van der Waals surface area (Å²) < 4.78 is 32.9. The summed E-state index contributed by atoms with van der Waals surface area (Å²) in [6.07, 6.45) is 0.955. The van der Waals surface area contributed by atoms with Crippen LogP contribution in [0.4, 0.5) is 3.89 Å². The summed E-state index contributed by atoms with van der Waals surface area (Å²) in [5, 5.41) is 7.46. The normalized spacial score (nSPS) is 31.6. The van der Waals surface area contributed by atoms with Gasteiger partial charge in [-0.15, -0.1) is 3.89 Å². The molecule has 0 spiro atoms. The lowest BCUT2D eigenvalue weighted by Crippen LogP contribution is -2.12. The third kappa shape index (κ3) is 1.90. The number of hydrogen-bond donors (Lipinski definition) is 0. The molecule has 0 aromatic carbocycles. The van der Waals surface area contributed by atoms with Gasteiger partial charge in [-0.3, -0.25) is 0 Å². The van der Waals surface area contributed by atoms with E-state index < -0.39 is 15.5 Å². The summed E-state index contributed by atoms with van der Waals surface area (Å²) in [6, 6.07) is 1.93. The van der Waals surface area contributed by atoms with Gasteiger partial charge >= 0.3 is 10.2 Å². The van der Waals surface area contributed by atoms with E-state index in [1.165, 1.54) is 0 Å². The van der Waals surface area contributed by atoms with Gasteiger partial charge in [0, 0.05) is 5.92 Å². The van der Waals surface area contributed by atoms with E-state index in [4.69, 9.17) is 5.26 Å². The first kappa shape index (κ1) is 8.47. The average molecular weight is 177 g/mol. The predicted molar refractivity (Wildman–Crippen MR) is 36.8 cm³/mol. The van der Waals surface area contributed by atoms with Crippen LogP contribution in [0.3, 0.4) is 0 Å². The number of rotatable bonds is 1. The molecule has 1 rings (SSSR count). The van der Waals surface area contributed by atoms with Crippen LogP contribution in [0.25, 0.3) is 0 Å². The van der Waals surface area contributed by atoms with Gasteiger partial charge in [0.15, 0.2) is 0 Å². The summed E-state index contributed by atoms with van der Waals surface area (Å²) in [4.78, 5) is 0. The maximum atomic E-state index is 12.3. The lowest BCUT2D eigenvalue weighted by Gasteiger charge is -2.00. The Morgan fingerprint density at radius 1 is 1.45 bits per heavy atom. The van der Waals surface area contributed by atoms with Crippen LogP contribution in [0.2, 0.25) is 0 Å². The third-order valence-electron chi connectivity index (χ3n) is 1.97. The maximum Gasteiger partial charge on any atom is 0.305 e. The van der Waals surface area contributed by atoms with Gasteiger partial charge in [0.1, 0.15) is 0 Å². The van der Waals surface area contributed by atoms with Crippen LogP contribution in [0.5, 0.6) is 0 Å². The highest BCUT2D eigenvalue weighted by Gasteiger charge is 2.34. The van der Waals surface area contributed by atoms with Gasteiger partial charge in [-0.2, -0.15) is 13.7 Å². The molecule has 0 saturated heterocycles. The van der Waals surface area contributed by atoms with E-state index in [2.05, 4.69) is 0 Å². The molecule has 0 bridgehead atoms. The highest BCUT2D eigenvalue weighted by atomic mass is 32.3. The number of nitrogens with zero attached hydrogens (tertiary/aromatic N) is 1. The molecule has 0 aromatic heterocycles. The molecule has 3 nitrogen and oxygen atoms in total. The Labute approximate surface area is 65.0 Å². The number of nitriles is 1. The van der Waals surface area contributed by atoms with E-state index in [1.807, 2.05) is 6.07 Å². The fraction of sp³-hybridized carbons (Fsp3) is 0.833. The molecule has 11 heavy (non-hydrogen) atoms. The van der Waals surface area contributed by atoms with E-state index in [-0.39, 0.29) is 18.8 Å². The zero-order valence-corrected chi connectivity index (χ0v) is 6.64. The first-order chi connectivity index (χ1) is 5.04. The van der Waals surface area contributed by atoms with Crippen molar-refractivity contribution >= 4 is 10.2 Å². The highest BCUT2D eigenvalue weighted by Crippen LogP contribution is 2.30. The van der Waals surface area contributed by atoms with Crippen LogP contribution in [0, 0.1) is 17.2 Å².